The fraction of sp³-hybridized carbons (Fsp3) is 0.417. The summed E-state index contributed by atoms with van der Waals surface area (Å²) in [6.07, 6.45) is 1.39. The molecular weight excluding hydrogens is 243 g/mol. The number of carbonyl (C=O) groups excluding carboxylic acids is 1. The Morgan fingerprint density at radius 3 is 2.59 bits per heavy atom. The Hall–Kier alpha value is -1.23. The van der Waals surface area contributed by atoms with Crippen molar-refractivity contribution < 1.29 is 17.6 Å². The summed E-state index contributed by atoms with van der Waals surface area (Å²) in [5, 5.41) is 0. The first-order valence-electron chi connectivity index (χ1n) is 5.27. The third-order valence-electron chi connectivity index (χ3n) is 2.41. The topological polar surface area (TPSA) is 51.2 Å². The van der Waals surface area contributed by atoms with E-state index in [-0.39, 0.29) is 29.9 Å². The number of rotatable bonds is 5. The van der Waals surface area contributed by atoms with Gasteiger partial charge >= 0.3 is 0 Å². The van der Waals surface area contributed by atoms with E-state index in [0.717, 1.165) is 6.26 Å². The molecule has 0 amide bonds. The molecule has 0 aliphatic rings. The molecule has 1 rings (SSSR count). The summed E-state index contributed by atoms with van der Waals surface area (Å²) in [4.78, 5) is 11.7. The summed E-state index contributed by atoms with van der Waals surface area (Å²) >= 11 is 0. The molecule has 1 aromatic rings. The fourth-order valence-electron chi connectivity index (χ4n) is 1.49. The van der Waals surface area contributed by atoms with Crippen LogP contribution in [0.2, 0.25) is 0 Å². The lowest BCUT2D eigenvalue weighted by Crippen LogP contribution is -2.08. The minimum Gasteiger partial charge on any atom is -0.294 e. The Balaban J connectivity index is 2.68. The van der Waals surface area contributed by atoms with Crippen molar-refractivity contribution in [3.63, 3.8) is 0 Å². The lowest BCUT2D eigenvalue weighted by molar-refractivity contribution is 0.0978. The van der Waals surface area contributed by atoms with Crippen molar-refractivity contribution in [2.24, 2.45) is 0 Å². The number of sulfone groups is 1. The summed E-state index contributed by atoms with van der Waals surface area (Å²) < 4.78 is 35.3. The smallest absolute Gasteiger partial charge is 0.165 e. The number of hydrogen-bond donors (Lipinski definition) is 0. The van der Waals surface area contributed by atoms with Crippen LogP contribution in [0.25, 0.3) is 0 Å². The van der Waals surface area contributed by atoms with Gasteiger partial charge in [0.05, 0.1) is 11.3 Å². The molecular formula is C12H15FO3S. The normalized spacial score (nSPS) is 11.5. The maximum atomic E-state index is 13.6. The number of benzene rings is 1. The van der Waals surface area contributed by atoms with Gasteiger partial charge in [-0.2, -0.15) is 0 Å². The van der Waals surface area contributed by atoms with Crippen LogP contribution in [-0.4, -0.2) is 26.2 Å². The molecule has 0 atom stereocenters. The second kappa shape index (κ2) is 5.40. The number of halogens is 1. The number of Topliss-reactive ketones (excluding diaryl/α,β-unsaturated/α-hetero) is 1. The van der Waals surface area contributed by atoms with E-state index in [1.807, 2.05) is 0 Å². The highest BCUT2D eigenvalue weighted by atomic mass is 32.2. The third-order valence-corrected chi connectivity index (χ3v) is 3.44. The summed E-state index contributed by atoms with van der Waals surface area (Å²) in [7, 11) is -3.07. The molecule has 0 aromatic heterocycles. The first kappa shape index (κ1) is 13.8. The van der Waals surface area contributed by atoms with Crippen molar-refractivity contribution >= 4 is 15.6 Å². The average molecular weight is 258 g/mol. The zero-order valence-electron chi connectivity index (χ0n) is 9.86. The highest BCUT2D eigenvalue weighted by Gasteiger charge is 2.13. The summed E-state index contributed by atoms with van der Waals surface area (Å²) in [6, 6.07) is 4.62. The summed E-state index contributed by atoms with van der Waals surface area (Å²) in [5.74, 6) is -0.918. The molecule has 0 radical (unpaired) electrons. The Morgan fingerprint density at radius 2 is 2.00 bits per heavy atom. The molecule has 1 aromatic carbocycles. The SMILES string of the molecule is Cc1cccc(C(=O)CCCS(C)(=O)=O)c1F. The van der Waals surface area contributed by atoms with Crippen LogP contribution in [0.4, 0.5) is 4.39 Å². The second-order valence-electron chi connectivity index (χ2n) is 4.09. The number of hydrogen-bond acceptors (Lipinski definition) is 3. The first-order chi connectivity index (χ1) is 7.81. The van der Waals surface area contributed by atoms with Crippen LogP contribution >= 0.6 is 0 Å². The molecule has 0 saturated heterocycles. The van der Waals surface area contributed by atoms with Gasteiger partial charge in [-0.15, -0.1) is 0 Å². The number of carbonyl (C=O) groups is 1. The highest BCUT2D eigenvalue weighted by Crippen LogP contribution is 2.14. The lowest BCUT2D eigenvalue weighted by Gasteiger charge is -2.04. The van der Waals surface area contributed by atoms with Gasteiger partial charge in [0.15, 0.2) is 5.78 Å². The van der Waals surface area contributed by atoms with E-state index in [1.54, 1.807) is 19.1 Å². The van der Waals surface area contributed by atoms with E-state index in [4.69, 9.17) is 0 Å². The van der Waals surface area contributed by atoms with Gasteiger partial charge in [-0.25, -0.2) is 12.8 Å². The van der Waals surface area contributed by atoms with Crippen LogP contribution in [0.5, 0.6) is 0 Å². The fourth-order valence-corrected chi connectivity index (χ4v) is 2.16. The molecule has 0 spiro atoms. The van der Waals surface area contributed by atoms with Crippen molar-refractivity contribution in [2.75, 3.05) is 12.0 Å². The van der Waals surface area contributed by atoms with Gasteiger partial charge in [0.25, 0.3) is 0 Å². The Morgan fingerprint density at radius 1 is 1.35 bits per heavy atom. The predicted molar refractivity (Wildman–Crippen MR) is 64.4 cm³/mol. The van der Waals surface area contributed by atoms with Crippen molar-refractivity contribution in [1.29, 1.82) is 0 Å². The maximum Gasteiger partial charge on any atom is 0.165 e. The largest absolute Gasteiger partial charge is 0.294 e. The molecule has 0 saturated carbocycles. The molecule has 3 nitrogen and oxygen atoms in total. The lowest BCUT2D eigenvalue weighted by atomic mass is 10.0. The minimum absolute atomic E-state index is 0.0403. The quantitative estimate of drug-likeness (QED) is 0.760. The van der Waals surface area contributed by atoms with E-state index in [9.17, 15) is 17.6 Å². The number of ketones is 1. The Bertz CT molecular complexity index is 521. The standard InChI is InChI=1S/C12H15FO3S/c1-9-5-3-6-10(12(9)13)11(14)7-4-8-17(2,15)16/h3,5-6H,4,7-8H2,1-2H3. The molecule has 5 heteroatoms. The monoisotopic (exact) mass is 258 g/mol. The van der Waals surface area contributed by atoms with Gasteiger partial charge in [0.1, 0.15) is 15.7 Å². The van der Waals surface area contributed by atoms with Gasteiger partial charge in [0, 0.05) is 12.7 Å². The van der Waals surface area contributed by atoms with Crippen molar-refractivity contribution in [2.45, 2.75) is 19.8 Å². The van der Waals surface area contributed by atoms with Gasteiger partial charge in [-0.3, -0.25) is 4.79 Å². The molecule has 0 aliphatic carbocycles. The van der Waals surface area contributed by atoms with Gasteiger partial charge in [-0.1, -0.05) is 12.1 Å². The van der Waals surface area contributed by atoms with Crippen LogP contribution in [0.1, 0.15) is 28.8 Å². The van der Waals surface area contributed by atoms with Crippen molar-refractivity contribution in [3.05, 3.63) is 35.1 Å². The second-order valence-corrected chi connectivity index (χ2v) is 6.35. The van der Waals surface area contributed by atoms with Crippen molar-refractivity contribution in [3.8, 4) is 0 Å². The van der Waals surface area contributed by atoms with Gasteiger partial charge in [-0.05, 0) is 25.0 Å². The predicted octanol–water partition coefficient (Wildman–Crippen LogP) is 2.14. The summed E-state index contributed by atoms with van der Waals surface area (Å²) in [5.41, 5.74) is 0.456. The van der Waals surface area contributed by atoms with Crippen LogP contribution in [-0.2, 0) is 9.84 Å². The van der Waals surface area contributed by atoms with E-state index in [2.05, 4.69) is 0 Å². The molecule has 0 fully saturated rings. The molecule has 0 aliphatic heterocycles. The van der Waals surface area contributed by atoms with E-state index in [0.29, 0.717) is 5.56 Å². The molecule has 0 N–H and O–H groups in total. The van der Waals surface area contributed by atoms with Crippen LogP contribution in [0, 0.1) is 12.7 Å². The summed E-state index contributed by atoms with van der Waals surface area (Å²) in [6.45, 7) is 1.59. The zero-order valence-corrected chi connectivity index (χ0v) is 10.7. The number of aryl methyl sites for hydroxylation is 1. The first-order valence-corrected chi connectivity index (χ1v) is 7.33. The zero-order chi connectivity index (χ0) is 13.1. The Kier molecular flexibility index (Phi) is 4.40. The molecule has 94 valence electrons. The van der Waals surface area contributed by atoms with E-state index >= 15 is 0 Å². The van der Waals surface area contributed by atoms with E-state index in [1.165, 1.54) is 6.07 Å². The van der Waals surface area contributed by atoms with Crippen molar-refractivity contribution in [1.82, 2.24) is 0 Å². The molecule has 0 bridgehead atoms. The third kappa shape index (κ3) is 4.26. The average Bonchev–Trinajstić information content (AvgIpc) is 2.20. The van der Waals surface area contributed by atoms with E-state index < -0.39 is 15.7 Å². The maximum absolute atomic E-state index is 13.6. The minimum atomic E-state index is -3.07. The molecule has 0 heterocycles. The van der Waals surface area contributed by atoms with Crippen LogP contribution < -0.4 is 0 Å². The van der Waals surface area contributed by atoms with Gasteiger partial charge < -0.3 is 0 Å². The van der Waals surface area contributed by atoms with Crippen LogP contribution in [0.15, 0.2) is 18.2 Å². The van der Waals surface area contributed by atoms with Crippen LogP contribution in [0.3, 0.4) is 0 Å². The van der Waals surface area contributed by atoms with Gasteiger partial charge in [0.2, 0.25) is 0 Å². The molecule has 0 unspecified atom stereocenters. The highest BCUT2D eigenvalue weighted by molar-refractivity contribution is 7.90. The molecule has 17 heavy (non-hydrogen) atoms. The Labute approximate surface area is 101 Å².